The molecule has 1 atom stereocenters. The first-order valence-corrected chi connectivity index (χ1v) is 11.6. The van der Waals surface area contributed by atoms with Crippen molar-refractivity contribution in [2.24, 2.45) is 5.92 Å². The molecule has 3 aliphatic rings. The van der Waals surface area contributed by atoms with Crippen LogP contribution in [0, 0.1) is 5.92 Å². The minimum Gasteiger partial charge on any atom is -0.490 e. The average Bonchev–Trinajstić information content (AvgIpc) is 3.69. The Balaban J connectivity index is 1.13. The second-order valence-corrected chi connectivity index (χ2v) is 9.24. The van der Waals surface area contributed by atoms with Gasteiger partial charge in [-0.2, -0.15) is 0 Å². The third-order valence-corrected chi connectivity index (χ3v) is 6.74. The maximum atomic E-state index is 12.0. The van der Waals surface area contributed by atoms with Gasteiger partial charge < -0.3 is 15.0 Å². The minimum absolute atomic E-state index is 0.0841. The second-order valence-electron chi connectivity index (χ2n) is 9.24. The predicted molar refractivity (Wildman–Crippen MR) is 120 cm³/mol. The summed E-state index contributed by atoms with van der Waals surface area (Å²) in [6.07, 6.45) is 7.30. The lowest BCUT2D eigenvalue weighted by Crippen LogP contribution is -2.32. The molecule has 4 nitrogen and oxygen atoms in total. The molecule has 0 aromatic heterocycles. The number of benzene rings is 2. The zero-order valence-corrected chi connectivity index (χ0v) is 17.8. The quantitative estimate of drug-likeness (QED) is 0.690. The smallest absolute Gasteiger partial charge is 0.223 e. The van der Waals surface area contributed by atoms with Gasteiger partial charge in [0, 0.05) is 24.7 Å². The maximum absolute atomic E-state index is 12.0. The monoisotopic (exact) mass is 404 g/mol. The van der Waals surface area contributed by atoms with Crippen molar-refractivity contribution in [3.63, 3.8) is 0 Å². The summed E-state index contributed by atoms with van der Waals surface area (Å²) in [5.74, 6) is 2.09. The van der Waals surface area contributed by atoms with Gasteiger partial charge in [-0.3, -0.25) is 4.79 Å². The number of hydrogen-bond donors (Lipinski definition) is 1. The van der Waals surface area contributed by atoms with Gasteiger partial charge >= 0.3 is 0 Å². The average molecular weight is 405 g/mol. The summed E-state index contributed by atoms with van der Waals surface area (Å²) in [4.78, 5) is 14.5. The number of anilines is 1. The predicted octanol–water partition coefficient (Wildman–Crippen LogP) is 5.20. The van der Waals surface area contributed by atoms with Crippen molar-refractivity contribution < 1.29 is 9.53 Å². The number of nitrogens with zero attached hydrogens (tertiary/aromatic N) is 1. The van der Waals surface area contributed by atoms with Crippen molar-refractivity contribution in [2.45, 2.75) is 63.5 Å². The van der Waals surface area contributed by atoms with Crippen molar-refractivity contribution in [3.05, 3.63) is 59.7 Å². The van der Waals surface area contributed by atoms with E-state index in [0.717, 1.165) is 31.7 Å². The fraction of sp³-hybridized carbons (Fsp3) is 0.500. The van der Waals surface area contributed by atoms with Crippen LogP contribution in [0.2, 0.25) is 0 Å². The van der Waals surface area contributed by atoms with Crippen LogP contribution >= 0.6 is 0 Å². The fourth-order valence-corrected chi connectivity index (χ4v) is 4.40. The first-order chi connectivity index (χ1) is 14.7. The van der Waals surface area contributed by atoms with E-state index in [-0.39, 0.29) is 17.9 Å². The molecule has 0 spiro atoms. The molecule has 1 aliphatic heterocycles. The van der Waals surface area contributed by atoms with Gasteiger partial charge in [-0.05, 0) is 86.8 Å². The van der Waals surface area contributed by atoms with Gasteiger partial charge in [-0.1, -0.05) is 24.3 Å². The molecule has 2 aromatic rings. The zero-order valence-electron chi connectivity index (χ0n) is 17.8. The Morgan fingerprint density at radius 3 is 2.20 bits per heavy atom. The third kappa shape index (κ3) is 4.63. The number of hydrogen-bond acceptors (Lipinski definition) is 3. The number of nitrogens with one attached hydrogen (secondary N) is 1. The van der Waals surface area contributed by atoms with Crippen LogP contribution in [0.4, 0.5) is 5.69 Å². The SMILES string of the molecule is CC(NC(=O)C1CC1)c1ccc(C2CCN(c3ccc(OC4CC4)cc3)CC2)cc1. The van der Waals surface area contributed by atoms with E-state index in [1.54, 1.807) is 0 Å². The summed E-state index contributed by atoms with van der Waals surface area (Å²) in [5, 5.41) is 3.14. The standard InChI is InChI=1S/C26H32N2O2/c1-18(27-26(29)22-6-7-22)19-2-4-20(5-3-19)21-14-16-28(17-15-21)23-8-10-24(11-9-23)30-25-12-13-25/h2-5,8-11,18,21-22,25H,6-7,12-17H2,1H3,(H,27,29). The highest BCUT2D eigenvalue weighted by Crippen LogP contribution is 2.33. The first-order valence-electron chi connectivity index (χ1n) is 11.6. The van der Waals surface area contributed by atoms with E-state index in [4.69, 9.17) is 4.74 Å². The van der Waals surface area contributed by atoms with Gasteiger partial charge in [0.05, 0.1) is 12.1 Å². The molecule has 2 aromatic carbocycles. The van der Waals surface area contributed by atoms with Crippen molar-refractivity contribution >= 4 is 11.6 Å². The molecule has 3 fully saturated rings. The van der Waals surface area contributed by atoms with Gasteiger partial charge in [-0.25, -0.2) is 0 Å². The van der Waals surface area contributed by atoms with Gasteiger partial charge in [-0.15, -0.1) is 0 Å². The van der Waals surface area contributed by atoms with Crippen LogP contribution in [0.1, 0.15) is 68.5 Å². The van der Waals surface area contributed by atoms with Gasteiger partial charge in [0.25, 0.3) is 0 Å². The molecule has 158 valence electrons. The van der Waals surface area contributed by atoms with Crippen LogP contribution in [-0.4, -0.2) is 25.1 Å². The van der Waals surface area contributed by atoms with E-state index in [1.165, 1.54) is 42.5 Å². The van der Waals surface area contributed by atoms with E-state index in [0.29, 0.717) is 12.0 Å². The largest absolute Gasteiger partial charge is 0.490 e. The summed E-state index contributed by atoms with van der Waals surface area (Å²) in [6, 6.07) is 17.6. The van der Waals surface area contributed by atoms with Gasteiger partial charge in [0.15, 0.2) is 0 Å². The molecular formula is C26H32N2O2. The Morgan fingerprint density at radius 2 is 1.60 bits per heavy atom. The highest BCUT2D eigenvalue weighted by Gasteiger charge is 2.30. The molecule has 1 unspecified atom stereocenters. The number of ether oxygens (including phenoxy) is 1. The summed E-state index contributed by atoms with van der Waals surface area (Å²) in [5.41, 5.74) is 3.91. The van der Waals surface area contributed by atoms with Crippen molar-refractivity contribution in [3.8, 4) is 5.75 Å². The number of rotatable bonds is 7. The summed E-state index contributed by atoms with van der Waals surface area (Å²) < 4.78 is 5.86. The van der Waals surface area contributed by atoms with E-state index in [9.17, 15) is 4.79 Å². The Hall–Kier alpha value is -2.49. The van der Waals surface area contributed by atoms with E-state index in [2.05, 4.69) is 65.7 Å². The minimum atomic E-state index is 0.0841. The highest BCUT2D eigenvalue weighted by molar-refractivity contribution is 5.81. The number of carbonyl (C=O) groups excluding carboxylic acids is 1. The van der Waals surface area contributed by atoms with Crippen LogP contribution in [0.15, 0.2) is 48.5 Å². The lowest BCUT2D eigenvalue weighted by molar-refractivity contribution is -0.122. The molecule has 2 saturated carbocycles. The Bertz CT molecular complexity index is 861. The number of piperidine rings is 1. The van der Waals surface area contributed by atoms with Crippen LogP contribution < -0.4 is 15.0 Å². The Labute approximate surface area is 179 Å². The van der Waals surface area contributed by atoms with Crippen molar-refractivity contribution in [1.29, 1.82) is 0 Å². The molecule has 4 heteroatoms. The molecule has 1 saturated heterocycles. The molecule has 0 bridgehead atoms. The summed E-state index contributed by atoms with van der Waals surface area (Å²) in [7, 11) is 0. The number of amides is 1. The summed E-state index contributed by atoms with van der Waals surface area (Å²) >= 11 is 0. The maximum Gasteiger partial charge on any atom is 0.223 e. The van der Waals surface area contributed by atoms with Gasteiger partial charge in [0.1, 0.15) is 5.75 Å². The first kappa shape index (κ1) is 19.5. The molecule has 5 rings (SSSR count). The molecular weight excluding hydrogens is 372 g/mol. The summed E-state index contributed by atoms with van der Waals surface area (Å²) in [6.45, 7) is 4.25. The van der Waals surface area contributed by atoms with Crippen LogP contribution in [0.3, 0.4) is 0 Å². The third-order valence-electron chi connectivity index (χ3n) is 6.74. The van der Waals surface area contributed by atoms with Crippen molar-refractivity contribution in [1.82, 2.24) is 5.32 Å². The molecule has 30 heavy (non-hydrogen) atoms. The zero-order chi connectivity index (χ0) is 20.5. The molecule has 0 radical (unpaired) electrons. The normalized spacial score (nSPS) is 20.6. The fourth-order valence-electron chi connectivity index (χ4n) is 4.40. The second kappa shape index (κ2) is 8.33. The van der Waals surface area contributed by atoms with Gasteiger partial charge in [0.2, 0.25) is 5.91 Å². The molecule has 1 amide bonds. The van der Waals surface area contributed by atoms with Crippen molar-refractivity contribution in [2.75, 3.05) is 18.0 Å². The lowest BCUT2D eigenvalue weighted by atomic mass is 9.88. The molecule has 2 aliphatic carbocycles. The van der Waals surface area contributed by atoms with E-state index in [1.807, 2.05) is 0 Å². The highest BCUT2D eigenvalue weighted by atomic mass is 16.5. The van der Waals surface area contributed by atoms with Crippen LogP contribution in [0.5, 0.6) is 5.75 Å². The molecule has 1 N–H and O–H groups in total. The van der Waals surface area contributed by atoms with Crippen LogP contribution in [0.25, 0.3) is 0 Å². The Morgan fingerprint density at radius 1 is 0.933 bits per heavy atom. The lowest BCUT2D eigenvalue weighted by Gasteiger charge is -2.34. The number of carbonyl (C=O) groups is 1. The van der Waals surface area contributed by atoms with E-state index < -0.39 is 0 Å². The Kier molecular flexibility index (Phi) is 5.41. The molecule has 1 heterocycles. The topological polar surface area (TPSA) is 41.6 Å². The van der Waals surface area contributed by atoms with Crippen LogP contribution in [-0.2, 0) is 4.79 Å². The van der Waals surface area contributed by atoms with E-state index >= 15 is 0 Å².